The van der Waals surface area contributed by atoms with E-state index in [9.17, 15) is 4.79 Å². The van der Waals surface area contributed by atoms with Gasteiger partial charge in [-0.1, -0.05) is 37.3 Å². The summed E-state index contributed by atoms with van der Waals surface area (Å²) >= 11 is 0. The Labute approximate surface area is 171 Å². The lowest BCUT2D eigenvalue weighted by Gasteiger charge is -2.28. The lowest BCUT2D eigenvalue weighted by Crippen LogP contribution is -2.35. The number of aromatic nitrogens is 2. The SMILES string of the molecule is CC(C=O)CN1CCc2nc(-c3ccc(OCc4ccccc4)cc3)ncc2C1. The number of carbonyl (C=O) groups is 1. The number of fused-ring (bicyclic) bond motifs is 1. The first-order valence-electron chi connectivity index (χ1n) is 10.0. The second kappa shape index (κ2) is 8.97. The molecule has 0 fully saturated rings. The van der Waals surface area contributed by atoms with E-state index in [1.165, 1.54) is 0 Å². The van der Waals surface area contributed by atoms with Crippen LogP contribution in [0.2, 0.25) is 0 Å². The van der Waals surface area contributed by atoms with Gasteiger partial charge in [-0.3, -0.25) is 4.90 Å². The molecule has 0 spiro atoms. The summed E-state index contributed by atoms with van der Waals surface area (Å²) < 4.78 is 5.85. The number of hydrogen-bond acceptors (Lipinski definition) is 5. The van der Waals surface area contributed by atoms with Gasteiger partial charge in [0, 0.05) is 49.3 Å². The average Bonchev–Trinajstić information content (AvgIpc) is 2.78. The Kier molecular flexibility index (Phi) is 5.96. The third-order valence-electron chi connectivity index (χ3n) is 5.15. The van der Waals surface area contributed by atoms with Gasteiger partial charge in [-0.25, -0.2) is 9.97 Å². The summed E-state index contributed by atoms with van der Waals surface area (Å²) in [6.45, 7) is 5.02. The van der Waals surface area contributed by atoms with Crippen molar-refractivity contribution in [3.05, 3.63) is 77.6 Å². The normalized spacial score (nSPS) is 14.8. The van der Waals surface area contributed by atoms with Gasteiger partial charge in [-0.2, -0.15) is 0 Å². The van der Waals surface area contributed by atoms with E-state index in [0.717, 1.165) is 66.3 Å². The molecule has 2 aromatic carbocycles. The molecular formula is C24H25N3O2. The molecular weight excluding hydrogens is 362 g/mol. The zero-order valence-corrected chi connectivity index (χ0v) is 16.6. The van der Waals surface area contributed by atoms with Gasteiger partial charge < -0.3 is 9.53 Å². The molecule has 5 heteroatoms. The van der Waals surface area contributed by atoms with Crippen LogP contribution in [0.3, 0.4) is 0 Å². The quantitative estimate of drug-likeness (QED) is 0.575. The number of hydrogen-bond donors (Lipinski definition) is 0. The van der Waals surface area contributed by atoms with Crippen LogP contribution < -0.4 is 4.74 Å². The summed E-state index contributed by atoms with van der Waals surface area (Å²) in [5.41, 5.74) is 4.39. The highest BCUT2D eigenvalue weighted by Crippen LogP contribution is 2.23. The van der Waals surface area contributed by atoms with Crippen LogP contribution in [0, 0.1) is 5.92 Å². The lowest BCUT2D eigenvalue weighted by atomic mass is 10.0. The molecule has 5 nitrogen and oxygen atoms in total. The third-order valence-corrected chi connectivity index (χ3v) is 5.15. The second-order valence-electron chi connectivity index (χ2n) is 7.56. The molecule has 1 aromatic heterocycles. The van der Waals surface area contributed by atoms with Gasteiger partial charge in [0.15, 0.2) is 5.82 Å². The first kappa shape index (κ1) is 19.3. The third kappa shape index (κ3) is 4.87. The van der Waals surface area contributed by atoms with Gasteiger partial charge in [-0.05, 0) is 29.8 Å². The van der Waals surface area contributed by atoms with E-state index in [1.54, 1.807) is 0 Å². The summed E-state index contributed by atoms with van der Waals surface area (Å²) in [7, 11) is 0. The molecule has 3 aromatic rings. The Balaban J connectivity index is 1.41. The van der Waals surface area contributed by atoms with Crippen molar-refractivity contribution in [2.75, 3.05) is 13.1 Å². The second-order valence-corrected chi connectivity index (χ2v) is 7.56. The molecule has 1 aliphatic heterocycles. The van der Waals surface area contributed by atoms with Crippen LogP contribution in [0.15, 0.2) is 60.8 Å². The largest absolute Gasteiger partial charge is 0.489 e. The highest BCUT2D eigenvalue weighted by atomic mass is 16.5. The maximum absolute atomic E-state index is 10.9. The summed E-state index contributed by atoms with van der Waals surface area (Å²) in [6, 6.07) is 18.1. The van der Waals surface area contributed by atoms with Gasteiger partial charge in [0.25, 0.3) is 0 Å². The van der Waals surface area contributed by atoms with E-state index in [2.05, 4.69) is 22.0 Å². The van der Waals surface area contributed by atoms with Crippen molar-refractivity contribution in [2.45, 2.75) is 26.5 Å². The average molecular weight is 387 g/mol. The van der Waals surface area contributed by atoms with Gasteiger partial charge in [-0.15, -0.1) is 0 Å². The summed E-state index contributed by atoms with van der Waals surface area (Å²) in [6.07, 6.45) is 3.83. The number of nitrogens with zero attached hydrogens (tertiary/aromatic N) is 3. The summed E-state index contributed by atoms with van der Waals surface area (Å²) in [5, 5.41) is 0. The molecule has 0 bridgehead atoms. The van der Waals surface area contributed by atoms with Crippen LogP contribution >= 0.6 is 0 Å². The maximum atomic E-state index is 10.9. The topological polar surface area (TPSA) is 55.3 Å². The Morgan fingerprint density at radius 1 is 1.14 bits per heavy atom. The lowest BCUT2D eigenvalue weighted by molar-refractivity contribution is -0.111. The van der Waals surface area contributed by atoms with Crippen molar-refractivity contribution in [3.8, 4) is 17.1 Å². The van der Waals surface area contributed by atoms with E-state index in [0.29, 0.717) is 6.61 Å². The van der Waals surface area contributed by atoms with Crippen LogP contribution in [-0.2, 0) is 24.4 Å². The van der Waals surface area contributed by atoms with Crippen molar-refractivity contribution >= 4 is 6.29 Å². The Hall–Kier alpha value is -3.05. The molecule has 0 N–H and O–H groups in total. The van der Waals surface area contributed by atoms with Crippen molar-refractivity contribution in [3.63, 3.8) is 0 Å². The molecule has 1 aliphatic rings. The number of ether oxygens (including phenoxy) is 1. The smallest absolute Gasteiger partial charge is 0.159 e. The highest BCUT2D eigenvalue weighted by molar-refractivity contribution is 5.56. The first-order valence-corrected chi connectivity index (χ1v) is 10.0. The van der Waals surface area contributed by atoms with E-state index in [4.69, 9.17) is 9.72 Å². The Bertz CT molecular complexity index is 958. The van der Waals surface area contributed by atoms with Crippen LogP contribution in [0.4, 0.5) is 0 Å². The number of rotatable bonds is 7. The minimum absolute atomic E-state index is 0.0550. The summed E-state index contributed by atoms with van der Waals surface area (Å²) in [5.74, 6) is 1.63. The molecule has 0 saturated carbocycles. The standard InChI is InChI=1S/C24H25N3O2/c1-18(16-28)14-27-12-11-23-21(15-27)13-25-24(26-23)20-7-9-22(10-8-20)29-17-19-5-3-2-4-6-19/h2-10,13,16,18H,11-12,14-15,17H2,1H3. The number of carbonyl (C=O) groups excluding carboxylic acids is 1. The predicted molar refractivity (Wildman–Crippen MR) is 112 cm³/mol. The molecule has 148 valence electrons. The monoisotopic (exact) mass is 387 g/mol. The Morgan fingerprint density at radius 3 is 2.69 bits per heavy atom. The van der Waals surface area contributed by atoms with E-state index < -0.39 is 0 Å². The number of benzene rings is 2. The van der Waals surface area contributed by atoms with Crippen molar-refractivity contribution < 1.29 is 9.53 Å². The molecule has 0 amide bonds. The molecule has 1 atom stereocenters. The van der Waals surface area contributed by atoms with Crippen LogP contribution in [-0.4, -0.2) is 34.2 Å². The fourth-order valence-electron chi connectivity index (χ4n) is 3.56. The van der Waals surface area contributed by atoms with Crippen LogP contribution in [0.5, 0.6) is 5.75 Å². The van der Waals surface area contributed by atoms with E-state index in [1.807, 2.05) is 55.6 Å². The molecule has 4 rings (SSSR count). The molecule has 0 aliphatic carbocycles. The molecule has 0 radical (unpaired) electrons. The van der Waals surface area contributed by atoms with Crippen LogP contribution in [0.25, 0.3) is 11.4 Å². The zero-order chi connectivity index (χ0) is 20.1. The first-order chi connectivity index (χ1) is 14.2. The molecule has 1 unspecified atom stereocenters. The predicted octanol–water partition coefficient (Wildman–Crippen LogP) is 3.92. The minimum atomic E-state index is 0.0550. The maximum Gasteiger partial charge on any atom is 0.159 e. The fourth-order valence-corrected chi connectivity index (χ4v) is 3.56. The van der Waals surface area contributed by atoms with E-state index in [-0.39, 0.29) is 5.92 Å². The zero-order valence-electron chi connectivity index (χ0n) is 16.6. The van der Waals surface area contributed by atoms with Gasteiger partial charge in [0.1, 0.15) is 18.6 Å². The Morgan fingerprint density at radius 2 is 1.93 bits per heavy atom. The van der Waals surface area contributed by atoms with Crippen molar-refractivity contribution in [1.29, 1.82) is 0 Å². The van der Waals surface area contributed by atoms with E-state index >= 15 is 0 Å². The minimum Gasteiger partial charge on any atom is -0.489 e. The van der Waals surface area contributed by atoms with Gasteiger partial charge >= 0.3 is 0 Å². The molecule has 2 heterocycles. The van der Waals surface area contributed by atoms with Gasteiger partial charge in [0.2, 0.25) is 0 Å². The molecule has 0 saturated heterocycles. The van der Waals surface area contributed by atoms with Crippen LogP contribution in [0.1, 0.15) is 23.7 Å². The highest BCUT2D eigenvalue weighted by Gasteiger charge is 2.20. The molecule has 29 heavy (non-hydrogen) atoms. The number of aldehydes is 1. The van der Waals surface area contributed by atoms with Crippen molar-refractivity contribution in [2.24, 2.45) is 5.92 Å². The van der Waals surface area contributed by atoms with Gasteiger partial charge in [0.05, 0.1) is 5.69 Å². The fraction of sp³-hybridized carbons (Fsp3) is 0.292. The van der Waals surface area contributed by atoms with Crippen molar-refractivity contribution in [1.82, 2.24) is 14.9 Å². The summed E-state index contributed by atoms with van der Waals surface area (Å²) in [4.78, 5) is 22.6.